The van der Waals surface area contributed by atoms with Gasteiger partial charge in [0, 0.05) is 19.0 Å². The van der Waals surface area contributed by atoms with Crippen LogP contribution in [0.5, 0.6) is 0 Å². The first-order valence-electron chi connectivity index (χ1n) is 11.3. The monoisotopic (exact) mass is 445 g/mol. The van der Waals surface area contributed by atoms with Crippen molar-refractivity contribution in [1.82, 2.24) is 21.3 Å². The topological polar surface area (TPSA) is 125 Å². The van der Waals surface area contributed by atoms with Crippen molar-refractivity contribution in [3.63, 3.8) is 0 Å². The SMILES string of the molecule is C=C(N)NCCC[C@H](NC(=O)C(CC)(CC)NC(=O)C(C)C)C(=O)NCc1ccccc1. The molecule has 0 aliphatic heterocycles. The Morgan fingerprint density at radius 1 is 1.03 bits per heavy atom. The zero-order valence-corrected chi connectivity index (χ0v) is 19.8. The molecular formula is C24H39N5O3. The minimum absolute atomic E-state index is 0.195. The lowest BCUT2D eigenvalue weighted by molar-refractivity contribution is -0.137. The predicted molar refractivity (Wildman–Crippen MR) is 127 cm³/mol. The summed E-state index contributed by atoms with van der Waals surface area (Å²) in [5, 5.41) is 11.6. The molecule has 0 aromatic heterocycles. The largest absolute Gasteiger partial charge is 0.386 e. The van der Waals surface area contributed by atoms with Crippen molar-refractivity contribution in [2.24, 2.45) is 11.7 Å². The molecule has 3 amide bonds. The van der Waals surface area contributed by atoms with Crippen molar-refractivity contribution in [3.05, 3.63) is 48.3 Å². The number of amides is 3. The molecule has 1 atom stereocenters. The van der Waals surface area contributed by atoms with Gasteiger partial charge in [-0.2, -0.15) is 0 Å². The zero-order chi connectivity index (χ0) is 24.1. The van der Waals surface area contributed by atoms with E-state index in [1.54, 1.807) is 13.8 Å². The Bertz CT molecular complexity index is 760. The summed E-state index contributed by atoms with van der Waals surface area (Å²) in [5.41, 5.74) is 5.43. The minimum atomic E-state index is -1.07. The number of benzene rings is 1. The fourth-order valence-corrected chi connectivity index (χ4v) is 3.21. The number of hydrogen-bond donors (Lipinski definition) is 5. The molecule has 0 radical (unpaired) electrons. The van der Waals surface area contributed by atoms with Crippen LogP contribution in [0.2, 0.25) is 0 Å². The second-order valence-corrected chi connectivity index (χ2v) is 8.26. The molecule has 1 aromatic carbocycles. The van der Waals surface area contributed by atoms with Crippen LogP contribution in [0.1, 0.15) is 58.9 Å². The first-order chi connectivity index (χ1) is 15.1. The maximum atomic E-state index is 13.3. The van der Waals surface area contributed by atoms with E-state index >= 15 is 0 Å². The fraction of sp³-hybridized carbons (Fsp3) is 0.542. The molecule has 0 saturated carbocycles. The van der Waals surface area contributed by atoms with Gasteiger partial charge in [-0.3, -0.25) is 14.4 Å². The van der Waals surface area contributed by atoms with E-state index in [4.69, 9.17) is 5.73 Å². The second-order valence-electron chi connectivity index (χ2n) is 8.26. The fourth-order valence-electron chi connectivity index (χ4n) is 3.21. The Kier molecular flexibility index (Phi) is 11.3. The Morgan fingerprint density at radius 2 is 1.66 bits per heavy atom. The molecule has 0 bridgehead atoms. The van der Waals surface area contributed by atoms with Crippen LogP contribution in [0.4, 0.5) is 0 Å². The molecular weight excluding hydrogens is 406 g/mol. The van der Waals surface area contributed by atoms with Crippen LogP contribution in [-0.4, -0.2) is 35.8 Å². The number of carbonyl (C=O) groups excluding carboxylic acids is 3. The average molecular weight is 446 g/mol. The standard InChI is InChI=1S/C24H39N5O3/c1-6-24(7-2,29-21(30)17(3)4)23(32)28-20(14-11-15-26-18(5)25)22(31)27-16-19-12-9-8-10-13-19/h8-10,12-13,17,20,26H,5-7,11,14-16,25H2,1-4H3,(H,27,31)(H,28,32)(H,29,30)/t20-/m0/s1. The van der Waals surface area contributed by atoms with Crippen LogP contribution in [-0.2, 0) is 20.9 Å². The Hall–Kier alpha value is -3.03. The maximum Gasteiger partial charge on any atom is 0.246 e. The van der Waals surface area contributed by atoms with Crippen LogP contribution >= 0.6 is 0 Å². The average Bonchev–Trinajstić information content (AvgIpc) is 2.78. The number of rotatable bonds is 14. The Labute approximate surface area is 191 Å². The van der Waals surface area contributed by atoms with Crippen molar-refractivity contribution in [2.75, 3.05) is 6.54 Å². The van der Waals surface area contributed by atoms with Gasteiger partial charge < -0.3 is 27.0 Å². The number of carbonyl (C=O) groups is 3. The molecule has 0 heterocycles. The highest BCUT2D eigenvalue weighted by atomic mass is 16.2. The summed E-state index contributed by atoms with van der Waals surface area (Å²) >= 11 is 0. The second kappa shape index (κ2) is 13.4. The lowest BCUT2D eigenvalue weighted by atomic mass is 9.90. The highest BCUT2D eigenvalue weighted by molar-refractivity contribution is 5.95. The lowest BCUT2D eigenvalue weighted by Gasteiger charge is -2.33. The van der Waals surface area contributed by atoms with Gasteiger partial charge in [-0.1, -0.05) is 64.6 Å². The van der Waals surface area contributed by atoms with Gasteiger partial charge in [0.15, 0.2) is 0 Å². The molecule has 178 valence electrons. The molecule has 6 N–H and O–H groups in total. The summed E-state index contributed by atoms with van der Waals surface area (Å²) < 4.78 is 0. The van der Waals surface area contributed by atoms with Gasteiger partial charge in [-0.25, -0.2) is 0 Å². The van der Waals surface area contributed by atoms with E-state index in [1.165, 1.54) is 0 Å². The maximum absolute atomic E-state index is 13.3. The van der Waals surface area contributed by atoms with E-state index in [9.17, 15) is 14.4 Å². The molecule has 1 aromatic rings. The molecule has 1 rings (SSSR count). The smallest absolute Gasteiger partial charge is 0.246 e. The van der Waals surface area contributed by atoms with Crippen molar-refractivity contribution in [3.8, 4) is 0 Å². The van der Waals surface area contributed by atoms with Crippen molar-refractivity contribution >= 4 is 17.7 Å². The lowest BCUT2D eigenvalue weighted by Crippen LogP contribution is -2.62. The summed E-state index contributed by atoms with van der Waals surface area (Å²) in [7, 11) is 0. The summed E-state index contributed by atoms with van der Waals surface area (Å²) in [6, 6.07) is 8.82. The molecule has 8 nitrogen and oxygen atoms in total. The molecule has 0 spiro atoms. The van der Waals surface area contributed by atoms with E-state index in [2.05, 4.69) is 27.8 Å². The highest BCUT2D eigenvalue weighted by Crippen LogP contribution is 2.17. The third-order valence-corrected chi connectivity index (χ3v) is 5.48. The minimum Gasteiger partial charge on any atom is -0.386 e. The van der Waals surface area contributed by atoms with E-state index in [0.29, 0.717) is 44.6 Å². The highest BCUT2D eigenvalue weighted by Gasteiger charge is 2.38. The summed E-state index contributed by atoms with van der Waals surface area (Å²) in [5.74, 6) is -0.718. The van der Waals surface area contributed by atoms with Crippen LogP contribution in [0, 0.1) is 5.92 Å². The third kappa shape index (κ3) is 8.61. The van der Waals surface area contributed by atoms with Gasteiger partial charge in [0.25, 0.3) is 0 Å². The molecule has 0 saturated heterocycles. The summed E-state index contributed by atoms with van der Waals surface area (Å²) in [6.07, 6.45) is 1.85. The van der Waals surface area contributed by atoms with Gasteiger partial charge in [-0.05, 0) is 31.2 Å². The van der Waals surface area contributed by atoms with E-state index in [1.807, 2.05) is 44.2 Å². The van der Waals surface area contributed by atoms with E-state index < -0.39 is 11.6 Å². The van der Waals surface area contributed by atoms with E-state index in [-0.39, 0.29) is 23.6 Å². The number of hydrogen-bond acceptors (Lipinski definition) is 5. The Morgan fingerprint density at radius 3 is 2.19 bits per heavy atom. The molecule has 0 fully saturated rings. The Balaban J connectivity index is 2.92. The first-order valence-corrected chi connectivity index (χ1v) is 11.3. The molecule has 0 unspecified atom stereocenters. The van der Waals surface area contributed by atoms with Crippen LogP contribution in [0.3, 0.4) is 0 Å². The van der Waals surface area contributed by atoms with Gasteiger partial charge in [0.2, 0.25) is 17.7 Å². The van der Waals surface area contributed by atoms with Gasteiger partial charge in [0.05, 0.1) is 5.82 Å². The van der Waals surface area contributed by atoms with Crippen molar-refractivity contribution < 1.29 is 14.4 Å². The first kappa shape index (κ1) is 27.0. The van der Waals surface area contributed by atoms with E-state index in [0.717, 1.165) is 5.56 Å². The number of nitrogens with two attached hydrogens (primary N) is 1. The van der Waals surface area contributed by atoms with Gasteiger partial charge >= 0.3 is 0 Å². The summed E-state index contributed by atoms with van der Waals surface area (Å²) in [6.45, 7) is 11.7. The van der Waals surface area contributed by atoms with Crippen molar-refractivity contribution in [2.45, 2.75) is 71.5 Å². The summed E-state index contributed by atoms with van der Waals surface area (Å²) in [4.78, 5) is 38.5. The van der Waals surface area contributed by atoms with Crippen LogP contribution in [0.15, 0.2) is 42.7 Å². The zero-order valence-electron chi connectivity index (χ0n) is 19.8. The molecule has 0 aliphatic carbocycles. The predicted octanol–water partition coefficient (Wildman–Crippen LogP) is 1.92. The molecule has 0 aliphatic rings. The third-order valence-electron chi connectivity index (χ3n) is 5.48. The van der Waals surface area contributed by atoms with Crippen molar-refractivity contribution in [1.29, 1.82) is 0 Å². The van der Waals surface area contributed by atoms with Gasteiger partial charge in [0.1, 0.15) is 11.6 Å². The molecule has 8 heteroatoms. The normalized spacial score (nSPS) is 12.0. The number of nitrogens with one attached hydrogen (secondary N) is 4. The van der Waals surface area contributed by atoms with Gasteiger partial charge in [-0.15, -0.1) is 0 Å². The quantitative estimate of drug-likeness (QED) is 0.280. The molecule has 32 heavy (non-hydrogen) atoms. The van der Waals surface area contributed by atoms with Crippen LogP contribution < -0.4 is 27.0 Å². The van der Waals surface area contributed by atoms with Crippen LogP contribution in [0.25, 0.3) is 0 Å².